The second-order valence-electron chi connectivity index (χ2n) is 5.45. The number of carbonyl (C=O) groups is 1. The van der Waals surface area contributed by atoms with Crippen LogP contribution >= 0.6 is 11.6 Å². The summed E-state index contributed by atoms with van der Waals surface area (Å²) in [5.74, 6) is 1.33. The quantitative estimate of drug-likeness (QED) is 0.664. The van der Waals surface area contributed by atoms with E-state index >= 15 is 0 Å². The highest BCUT2D eigenvalue weighted by Gasteiger charge is 2.10. The maximum Gasteiger partial charge on any atom is 0.275 e. The Morgan fingerprint density at radius 2 is 1.78 bits per heavy atom. The fourth-order valence-electron chi connectivity index (χ4n) is 2.33. The minimum atomic E-state index is -0.373. The molecule has 0 saturated carbocycles. The fraction of sp³-hybridized carbons (Fsp3) is 0.105. The van der Waals surface area contributed by atoms with Crippen LogP contribution < -0.4 is 20.1 Å². The van der Waals surface area contributed by atoms with Gasteiger partial charge in [-0.2, -0.15) is 0 Å². The molecule has 0 bridgehead atoms. The van der Waals surface area contributed by atoms with Crippen molar-refractivity contribution >= 4 is 34.7 Å². The lowest BCUT2D eigenvalue weighted by molar-refractivity contribution is 0.102. The molecule has 8 heteroatoms. The molecule has 3 aromatic rings. The predicted octanol–water partition coefficient (Wildman–Crippen LogP) is 4.14. The lowest BCUT2D eigenvalue weighted by Gasteiger charge is -2.11. The number of methoxy groups -OCH3 is 2. The largest absolute Gasteiger partial charge is 0.493 e. The van der Waals surface area contributed by atoms with Crippen molar-refractivity contribution in [3.63, 3.8) is 0 Å². The summed E-state index contributed by atoms with van der Waals surface area (Å²) in [5, 5.41) is 6.35. The summed E-state index contributed by atoms with van der Waals surface area (Å²) in [6, 6.07) is 12.2. The smallest absolute Gasteiger partial charge is 0.275 e. The zero-order valence-electron chi connectivity index (χ0n) is 14.7. The molecule has 2 N–H and O–H groups in total. The van der Waals surface area contributed by atoms with Gasteiger partial charge in [-0.1, -0.05) is 17.7 Å². The average Bonchev–Trinajstić information content (AvgIpc) is 2.68. The fourth-order valence-corrected chi connectivity index (χ4v) is 2.52. The molecule has 2 aromatic carbocycles. The molecule has 0 aliphatic rings. The Morgan fingerprint density at radius 1 is 0.963 bits per heavy atom. The van der Waals surface area contributed by atoms with E-state index in [9.17, 15) is 4.79 Å². The van der Waals surface area contributed by atoms with Crippen LogP contribution in [0, 0.1) is 0 Å². The molecule has 0 unspecified atom stereocenters. The van der Waals surface area contributed by atoms with E-state index in [0.717, 1.165) is 5.69 Å². The lowest BCUT2D eigenvalue weighted by atomic mass is 10.2. The highest BCUT2D eigenvalue weighted by Crippen LogP contribution is 2.30. The molecule has 3 rings (SSSR count). The first-order valence-electron chi connectivity index (χ1n) is 7.97. The van der Waals surface area contributed by atoms with Crippen molar-refractivity contribution in [3.05, 3.63) is 65.6 Å². The number of benzene rings is 2. The van der Waals surface area contributed by atoms with Gasteiger partial charge in [0.1, 0.15) is 11.5 Å². The number of aromatic nitrogens is 2. The number of hydrogen-bond acceptors (Lipinski definition) is 6. The predicted molar refractivity (Wildman–Crippen MR) is 104 cm³/mol. The molecule has 0 fully saturated rings. The number of carbonyl (C=O) groups excluding carboxylic acids is 1. The Bertz CT molecular complexity index is 948. The monoisotopic (exact) mass is 384 g/mol. The van der Waals surface area contributed by atoms with Crippen molar-refractivity contribution in [2.24, 2.45) is 0 Å². The van der Waals surface area contributed by atoms with Gasteiger partial charge in [-0.15, -0.1) is 0 Å². The Labute approximate surface area is 161 Å². The van der Waals surface area contributed by atoms with Gasteiger partial charge in [0, 0.05) is 22.5 Å². The van der Waals surface area contributed by atoms with Gasteiger partial charge < -0.3 is 20.1 Å². The third kappa shape index (κ3) is 4.65. The third-order valence-corrected chi connectivity index (χ3v) is 3.86. The molecule has 0 radical (unpaired) electrons. The Balaban J connectivity index is 1.69. The van der Waals surface area contributed by atoms with Crippen molar-refractivity contribution in [2.75, 3.05) is 24.9 Å². The SMILES string of the molecule is COc1ccc(Nc2cnc(C(=O)Nc3cccc(Cl)c3)cn2)cc1OC. The van der Waals surface area contributed by atoms with Crippen molar-refractivity contribution in [1.82, 2.24) is 9.97 Å². The van der Waals surface area contributed by atoms with Crippen LogP contribution in [0.4, 0.5) is 17.2 Å². The zero-order chi connectivity index (χ0) is 19.2. The molecule has 0 saturated heterocycles. The summed E-state index contributed by atoms with van der Waals surface area (Å²) in [6.07, 6.45) is 2.87. The Hall–Kier alpha value is -3.32. The lowest BCUT2D eigenvalue weighted by Crippen LogP contribution is -2.14. The number of ether oxygens (including phenoxy) is 2. The first kappa shape index (κ1) is 18.5. The Kier molecular flexibility index (Phi) is 5.73. The van der Waals surface area contributed by atoms with Crippen LogP contribution in [0.25, 0.3) is 0 Å². The minimum absolute atomic E-state index is 0.188. The number of nitrogens with one attached hydrogen (secondary N) is 2. The number of hydrogen-bond donors (Lipinski definition) is 2. The third-order valence-electron chi connectivity index (χ3n) is 3.62. The molecule has 0 atom stereocenters. The van der Waals surface area contributed by atoms with Crippen LogP contribution in [0.2, 0.25) is 5.02 Å². The molecular weight excluding hydrogens is 368 g/mol. The van der Waals surface area contributed by atoms with Crippen LogP contribution in [0.15, 0.2) is 54.9 Å². The van der Waals surface area contributed by atoms with Gasteiger partial charge in [-0.3, -0.25) is 4.79 Å². The van der Waals surface area contributed by atoms with Crippen LogP contribution in [-0.2, 0) is 0 Å². The van der Waals surface area contributed by atoms with Crippen LogP contribution in [0.5, 0.6) is 11.5 Å². The van der Waals surface area contributed by atoms with Gasteiger partial charge in [0.05, 0.1) is 26.6 Å². The highest BCUT2D eigenvalue weighted by molar-refractivity contribution is 6.30. The Morgan fingerprint density at radius 3 is 2.44 bits per heavy atom. The summed E-state index contributed by atoms with van der Waals surface area (Å²) >= 11 is 5.91. The number of amides is 1. The van der Waals surface area contributed by atoms with Crippen LogP contribution in [-0.4, -0.2) is 30.1 Å². The van der Waals surface area contributed by atoms with Crippen LogP contribution in [0.3, 0.4) is 0 Å². The maximum absolute atomic E-state index is 12.2. The number of anilines is 3. The van der Waals surface area contributed by atoms with E-state index in [-0.39, 0.29) is 11.6 Å². The molecule has 1 aromatic heterocycles. The van der Waals surface area contributed by atoms with E-state index in [4.69, 9.17) is 21.1 Å². The number of rotatable bonds is 6. The molecular formula is C19H17ClN4O3. The van der Waals surface area contributed by atoms with Gasteiger partial charge in [0.15, 0.2) is 11.5 Å². The minimum Gasteiger partial charge on any atom is -0.493 e. The van der Waals surface area contributed by atoms with Gasteiger partial charge in [-0.25, -0.2) is 9.97 Å². The first-order chi connectivity index (χ1) is 13.1. The van der Waals surface area contributed by atoms with E-state index in [1.54, 1.807) is 50.6 Å². The normalized spacial score (nSPS) is 10.2. The molecule has 0 aliphatic heterocycles. The van der Waals surface area contributed by atoms with Crippen molar-refractivity contribution in [1.29, 1.82) is 0 Å². The molecule has 7 nitrogen and oxygen atoms in total. The van der Waals surface area contributed by atoms with Crippen molar-refractivity contribution in [3.8, 4) is 11.5 Å². The van der Waals surface area contributed by atoms with E-state index < -0.39 is 0 Å². The summed E-state index contributed by atoms with van der Waals surface area (Å²) < 4.78 is 10.5. The molecule has 1 amide bonds. The zero-order valence-corrected chi connectivity index (χ0v) is 15.4. The van der Waals surface area contributed by atoms with E-state index in [1.807, 2.05) is 6.07 Å². The first-order valence-corrected chi connectivity index (χ1v) is 8.35. The van der Waals surface area contributed by atoms with Gasteiger partial charge in [-0.05, 0) is 30.3 Å². The second-order valence-corrected chi connectivity index (χ2v) is 5.88. The second kappa shape index (κ2) is 8.37. The molecule has 0 aliphatic carbocycles. The average molecular weight is 385 g/mol. The number of halogens is 1. The van der Waals surface area contributed by atoms with Crippen LogP contribution in [0.1, 0.15) is 10.5 Å². The van der Waals surface area contributed by atoms with E-state index in [2.05, 4.69) is 20.6 Å². The maximum atomic E-state index is 12.2. The molecule has 138 valence electrons. The van der Waals surface area contributed by atoms with E-state index in [1.165, 1.54) is 12.4 Å². The van der Waals surface area contributed by atoms with E-state index in [0.29, 0.717) is 28.0 Å². The topological polar surface area (TPSA) is 85.4 Å². The summed E-state index contributed by atoms with van der Waals surface area (Å²) in [6.45, 7) is 0. The van der Waals surface area contributed by atoms with Gasteiger partial charge in [0.2, 0.25) is 0 Å². The standard InChI is InChI=1S/C19H17ClN4O3/c1-26-16-7-6-14(9-17(16)27-2)23-18-11-21-15(10-22-18)19(25)24-13-5-3-4-12(20)8-13/h3-11H,1-2H3,(H,22,23)(H,24,25). The molecule has 0 spiro atoms. The summed E-state index contributed by atoms with van der Waals surface area (Å²) in [7, 11) is 3.14. The molecule has 27 heavy (non-hydrogen) atoms. The van der Waals surface area contributed by atoms with Crippen molar-refractivity contribution < 1.29 is 14.3 Å². The highest BCUT2D eigenvalue weighted by atomic mass is 35.5. The summed E-state index contributed by atoms with van der Waals surface area (Å²) in [4.78, 5) is 20.6. The number of nitrogens with zero attached hydrogens (tertiary/aromatic N) is 2. The van der Waals surface area contributed by atoms with Crippen molar-refractivity contribution in [2.45, 2.75) is 0 Å². The van der Waals surface area contributed by atoms with Gasteiger partial charge in [0.25, 0.3) is 5.91 Å². The summed E-state index contributed by atoms with van der Waals surface area (Å²) in [5.41, 5.74) is 1.52. The van der Waals surface area contributed by atoms with Gasteiger partial charge >= 0.3 is 0 Å². The molecule has 1 heterocycles.